The molecule has 1 aliphatic heterocycles. The highest BCUT2D eigenvalue weighted by Gasteiger charge is 2.45. The zero-order valence-electron chi connectivity index (χ0n) is 7.69. The van der Waals surface area contributed by atoms with Crippen molar-refractivity contribution >= 4 is 11.8 Å². The van der Waals surface area contributed by atoms with Gasteiger partial charge in [0.15, 0.2) is 0 Å². The number of imide groups is 1. The van der Waals surface area contributed by atoms with Crippen molar-refractivity contribution in [3.8, 4) is 0 Å². The fourth-order valence-electron chi connectivity index (χ4n) is 1.73. The fraction of sp³-hybridized carbons (Fsp3) is 0.333. The minimum Gasteiger partial charge on any atom is -0.300 e. The second-order valence-corrected chi connectivity index (χ2v) is 3.69. The summed E-state index contributed by atoms with van der Waals surface area (Å²) in [5.41, 5.74) is -0.328. The molecule has 1 saturated carbocycles. The Kier molecular flexibility index (Phi) is 1.41. The maximum atomic E-state index is 11.7. The van der Waals surface area contributed by atoms with Gasteiger partial charge in [0.05, 0.1) is 5.56 Å². The van der Waals surface area contributed by atoms with Gasteiger partial charge >= 0.3 is 5.69 Å². The normalized spacial score (nSPS) is 19.6. The molecule has 2 aliphatic rings. The molecule has 2 amide bonds. The number of carbonyl (C=O) groups is 2. The Hall–Kier alpha value is -1.98. The van der Waals surface area contributed by atoms with Gasteiger partial charge in [0.25, 0.3) is 11.8 Å². The number of aromatic amines is 1. The summed E-state index contributed by atoms with van der Waals surface area (Å²) in [6.07, 6.45) is 2.86. The van der Waals surface area contributed by atoms with Crippen LogP contribution in [-0.4, -0.2) is 32.7 Å². The average molecular weight is 205 g/mol. The standard InChI is InChI=1S/C9H7N3O3/c13-7-5-3-10-9(15)11-6(5)8(14)12(7)4-1-2-4/h3-4H,1-2H2,(H,10,11,15). The van der Waals surface area contributed by atoms with Crippen LogP contribution in [0.1, 0.15) is 33.7 Å². The first kappa shape index (κ1) is 8.34. The molecule has 0 radical (unpaired) electrons. The summed E-state index contributed by atoms with van der Waals surface area (Å²) in [5, 5.41) is 0. The largest absolute Gasteiger partial charge is 0.345 e. The zero-order valence-corrected chi connectivity index (χ0v) is 7.69. The van der Waals surface area contributed by atoms with E-state index in [1.54, 1.807) is 0 Å². The lowest BCUT2D eigenvalue weighted by molar-refractivity contribution is 0.0640. The van der Waals surface area contributed by atoms with Crippen molar-refractivity contribution in [1.29, 1.82) is 0 Å². The summed E-state index contributed by atoms with van der Waals surface area (Å²) in [5.74, 6) is -0.752. The highest BCUT2D eigenvalue weighted by atomic mass is 16.2. The van der Waals surface area contributed by atoms with Crippen LogP contribution in [0.5, 0.6) is 0 Å². The van der Waals surface area contributed by atoms with E-state index in [-0.39, 0.29) is 23.2 Å². The van der Waals surface area contributed by atoms with Crippen LogP contribution in [0.2, 0.25) is 0 Å². The highest BCUT2D eigenvalue weighted by molar-refractivity contribution is 6.20. The number of nitrogens with zero attached hydrogens (tertiary/aromatic N) is 2. The molecule has 76 valence electrons. The molecular formula is C9H7N3O3. The van der Waals surface area contributed by atoms with E-state index in [4.69, 9.17) is 0 Å². The predicted molar refractivity (Wildman–Crippen MR) is 48.4 cm³/mol. The third kappa shape index (κ3) is 1.04. The molecule has 1 fully saturated rings. The Balaban J connectivity index is 2.16. The lowest BCUT2D eigenvalue weighted by atomic mass is 10.3. The molecule has 1 aromatic heterocycles. The van der Waals surface area contributed by atoms with Gasteiger partial charge in [-0.3, -0.25) is 14.5 Å². The van der Waals surface area contributed by atoms with Gasteiger partial charge in [0.1, 0.15) is 5.69 Å². The summed E-state index contributed by atoms with van der Waals surface area (Å²) in [7, 11) is 0. The Morgan fingerprint density at radius 3 is 2.67 bits per heavy atom. The number of aromatic nitrogens is 2. The van der Waals surface area contributed by atoms with Crippen molar-refractivity contribution in [2.75, 3.05) is 0 Å². The molecule has 6 heteroatoms. The Labute approximate surface area is 83.9 Å². The molecule has 1 aliphatic carbocycles. The summed E-state index contributed by atoms with van der Waals surface area (Å²) in [4.78, 5) is 41.4. The third-order valence-electron chi connectivity index (χ3n) is 2.61. The number of H-pyrrole nitrogens is 1. The van der Waals surface area contributed by atoms with E-state index in [1.165, 1.54) is 4.90 Å². The van der Waals surface area contributed by atoms with Crippen LogP contribution in [0.3, 0.4) is 0 Å². The van der Waals surface area contributed by atoms with Gasteiger partial charge in [-0.25, -0.2) is 9.78 Å². The average Bonchev–Trinajstić information content (AvgIpc) is 2.98. The predicted octanol–water partition coefficient (Wildman–Crippen LogP) is -0.472. The molecule has 1 aromatic rings. The quantitative estimate of drug-likeness (QED) is 0.628. The molecule has 0 aromatic carbocycles. The minimum absolute atomic E-state index is 0.0147. The van der Waals surface area contributed by atoms with Crippen molar-refractivity contribution < 1.29 is 9.59 Å². The molecule has 2 heterocycles. The molecular weight excluding hydrogens is 198 g/mol. The molecule has 0 unspecified atom stereocenters. The number of amides is 2. The molecule has 0 bridgehead atoms. The number of hydrogen-bond acceptors (Lipinski definition) is 4. The first-order valence-corrected chi connectivity index (χ1v) is 4.65. The molecule has 0 saturated heterocycles. The molecule has 15 heavy (non-hydrogen) atoms. The summed E-state index contributed by atoms with van der Waals surface area (Å²) in [6, 6.07) is 0.0147. The number of fused-ring (bicyclic) bond motifs is 1. The van der Waals surface area contributed by atoms with E-state index < -0.39 is 11.6 Å². The third-order valence-corrected chi connectivity index (χ3v) is 2.61. The molecule has 0 spiro atoms. The van der Waals surface area contributed by atoms with Crippen LogP contribution >= 0.6 is 0 Å². The molecule has 1 N–H and O–H groups in total. The van der Waals surface area contributed by atoms with E-state index in [1.807, 2.05) is 0 Å². The fourth-order valence-corrected chi connectivity index (χ4v) is 1.73. The first-order valence-electron chi connectivity index (χ1n) is 4.65. The van der Waals surface area contributed by atoms with Gasteiger partial charge in [-0.1, -0.05) is 0 Å². The van der Waals surface area contributed by atoms with E-state index in [0.29, 0.717) is 0 Å². The minimum atomic E-state index is -0.604. The van der Waals surface area contributed by atoms with E-state index in [2.05, 4.69) is 9.97 Å². The Morgan fingerprint density at radius 1 is 1.27 bits per heavy atom. The van der Waals surface area contributed by atoms with E-state index >= 15 is 0 Å². The van der Waals surface area contributed by atoms with Crippen molar-refractivity contribution in [1.82, 2.24) is 14.9 Å². The monoisotopic (exact) mass is 205 g/mol. The van der Waals surface area contributed by atoms with Crippen molar-refractivity contribution in [2.45, 2.75) is 18.9 Å². The second kappa shape index (κ2) is 2.53. The lowest BCUT2D eigenvalue weighted by Crippen LogP contribution is -2.32. The van der Waals surface area contributed by atoms with Crippen LogP contribution in [0.25, 0.3) is 0 Å². The van der Waals surface area contributed by atoms with E-state index in [0.717, 1.165) is 19.0 Å². The van der Waals surface area contributed by atoms with Gasteiger partial charge in [0.2, 0.25) is 0 Å². The Morgan fingerprint density at radius 2 is 2.00 bits per heavy atom. The maximum absolute atomic E-state index is 11.7. The second-order valence-electron chi connectivity index (χ2n) is 3.69. The van der Waals surface area contributed by atoms with Crippen molar-refractivity contribution in [3.05, 3.63) is 27.9 Å². The number of hydrogen-bond donors (Lipinski definition) is 1. The van der Waals surface area contributed by atoms with Gasteiger partial charge < -0.3 is 4.98 Å². The Bertz CT molecular complexity index is 530. The zero-order chi connectivity index (χ0) is 10.6. The van der Waals surface area contributed by atoms with Crippen LogP contribution in [-0.2, 0) is 0 Å². The summed E-state index contributed by atoms with van der Waals surface area (Å²) in [6.45, 7) is 0. The molecule has 6 nitrogen and oxygen atoms in total. The van der Waals surface area contributed by atoms with Crippen LogP contribution in [0, 0.1) is 0 Å². The lowest BCUT2D eigenvalue weighted by Gasteiger charge is -2.10. The number of carbonyl (C=O) groups excluding carboxylic acids is 2. The number of nitrogens with one attached hydrogen (secondary N) is 1. The smallest absolute Gasteiger partial charge is 0.300 e. The van der Waals surface area contributed by atoms with Gasteiger partial charge in [0, 0.05) is 12.2 Å². The van der Waals surface area contributed by atoms with Crippen LogP contribution < -0.4 is 5.69 Å². The molecule has 0 atom stereocenters. The van der Waals surface area contributed by atoms with Crippen molar-refractivity contribution in [3.63, 3.8) is 0 Å². The van der Waals surface area contributed by atoms with Gasteiger partial charge in [-0.2, -0.15) is 0 Å². The maximum Gasteiger partial charge on any atom is 0.345 e. The number of rotatable bonds is 1. The van der Waals surface area contributed by atoms with E-state index in [9.17, 15) is 14.4 Å². The SMILES string of the molecule is O=C1c2cnc(=O)[nH]c2C(=O)N1C1CC1. The topological polar surface area (TPSA) is 83.1 Å². The van der Waals surface area contributed by atoms with Crippen LogP contribution in [0.4, 0.5) is 0 Å². The van der Waals surface area contributed by atoms with Crippen molar-refractivity contribution in [2.24, 2.45) is 0 Å². The first-order chi connectivity index (χ1) is 7.18. The molecule has 3 rings (SSSR count). The highest BCUT2D eigenvalue weighted by Crippen LogP contribution is 2.33. The van der Waals surface area contributed by atoms with Gasteiger partial charge in [-0.15, -0.1) is 0 Å². The van der Waals surface area contributed by atoms with Gasteiger partial charge in [-0.05, 0) is 12.8 Å². The summed E-state index contributed by atoms with van der Waals surface area (Å²) >= 11 is 0. The van der Waals surface area contributed by atoms with Crippen LogP contribution in [0.15, 0.2) is 11.0 Å². The summed E-state index contributed by atoms with van der Waals surface area (Å²) < 4.78 is 0.